The van der Waals surface area contributed by atoms with Crippen molar-refractivity contribution in [1.82, 2.24) is 24.1 Å². The Bertz CT molecular complexity index is 4400. The molecule has 11 aromatic carbocycles. The van der Waals surface area contributed by atoms with Crippen LogP contribution in [-0.2, 0) is 0 Å². The van der Waals surface area contributed by atoms with Crippen molar-refractivity contribution in [2.24, 2.45) is 0 Å². The van der Waals surface area contributed by atoms with Gasteiger partial charge in [0, 0.05) is 38.4 Å². The third-order valence-corrected chi connectivity index (χ3v) is 14.4. The molecule has 14 rings (SSSR count). The van der Waals surface area contributed by atoms with Crippen LogP contribution in [0.15, 0.2) is 273 Å². The lowest BCUT2D eigenvalue weighted by Crippen LogP contribution is -2.07. The van der Waals surface area contributed by atoms with E-state index in [0.717, 1.165) is 93.8 Å². The Morgan fingerprint density at radius 3 is 1.22 bits per heavy atom. The van der Waals surface area contributed by atoms with E-state index in [-0.39, 0.29) is 0 Å². The molecule has 0 atom stereocenters. The Labute approximate surface area is 428 Å². The highest BCUT2D eigenvalue weighted by Gasteiger charge is 2.24. The van der Waals surface area contributed by atoms with Crippen LogP contribution in [0.5, 0.6) is 0 Å². The van der Waals surface area contributed by atoms with E-state index in [1.54, 1.807) is 0 Å². The van der Waals surface area contributed by atoms with Crippen molar-refractivity contribution >= 4 is 43.6 Å². The first-order chi connectivity index (χ1) is 36.7. The standard InChI is InChI=1S/C69H45N5/c1-5-21-46(22-6-1)50-29-19-31-52(41-50)54-43-55(58-34-14-13-33-57(58)48-25-9-3-10-26-48)45-56(44-54)73-63-37-17-15-35-59(63)61-39-40-62-60-36-16-18-38-64(60)74(66(62)65(61)73)69-71-67(49-27-11-4-12-28-49)70-68(72-69)53-32-20-30-51(42-53)47-23-7-2-8-24-47/h1-45H. The molecule has 0 aliphatic rings. The monoisotopic (exact) mass is 943 g/mol. The van der Waals surface area contributed by atoms with Gasteiger partial charge in [0.05, 0.1) is 22.1 Å². The van der Waals surface area contributed by atoms with Crippen LogP contribution in [-0.4, -0.2) is 24.1 Å². The Morgan fingerprint density at radius 1 is 0.230 bits per heavy atom. The van der Waals surface area contributed by atoms with E-state index >= 15 is 0 Å². The van der Waals surface area contributed by atoms with Crippen LogP contribution in [0.4, 0.5) is 0 Å². The molecular formula is C69H45N5. The summed E-state index contributed by atoms with van der Waals surface area (Å²) in [5.74, 6) is 1.73. The molecule has 0 saturated heterocycles. The third kappa shape index (κ3) is 7.46. The number of rotatable bonds is 9. The highest BCUT2D eigenvalue weighted by Crippen LogP contribution is 2.44. The summed E-state index contributed by atoms with van der Waals surface area (Å²) in [6.07, 6.45) is 0. The molecule has 74 heavy (non-hydrogen) atoms. The van der Waals surface area contributed by atoms with Crippen molar-refractivity contribution in [3.8, 4) is 90.0 Å². The minimum atomic E-state index is 0.540. The van der Waals surface area contributed by atoms with Crippen LogP contribution in [0.25, 0.3) is 134 Å². The zero-order chi connectivity index (χ0) is 49.0. The summed E-state index contributed by atoms with van der Waals surface area (Å²) in [7, 11) is 0. The van der Waals surface area contributed by atoms with Gasteiger partial charge in [0.1, 0.15) is 0 Å². The van der Waals surface area contributed by atoms with E-state index in [9.17, 15) is 0 Å². The minimum Gasteiger partial charge on any atom is -0.307 e. The average Bonchev–Trinajstić information content (AvgIpc) is 4.02. The fourth-order valence-electron chi connectivity index (χ4n) is 10.9. The van der Waals surface area contributed by atoms with Crippen LogP contribution in [0.2, 0.25) is 0 Å². The quantitative estimate of drug-likeness (QED) is 0.145. The maximum atomic E-state index is 5.48. The molecule has 3 aromatic heterocycles. The number of aromatic nitrogens is 5. The van der Waals surface area contributed by atoms with Crippen LogP contribution in [0.1, 0.15) is 0 Å². The number of hydrogen-bond acceptors (Lipinski definition) is 3. The summed E-state index contributed by atoms with van der Waals surface area (Å²) in [6, 6.07) is 97.4. The predicted molar refractivity (Wildman–Crippen MR) is 307 cm³/mol. The molecule has 0 unspecified atom stereocenters. The Kier molecular flexibility index (Phi) is 10.4. The van der Waals surface area contributed by atoms with Crippen LogP contribution >= 0.6 is 0 Å². The van der Waals surface area contributed by atoms with Crippen molar-refractivity contribution in [1.29, 1.82) is 0 Å². The van der Waals surface area contributed by atoms with Crippen molar-refractivity contribution in [2.45, 2.75) is 0 Å². The van der Waals surface area contributed by atoms with Crippen molar-refractivity contribution in [2.75, 3.05) is 0 Å². The third-order valence-electron chi connectivity index (χ3n) is 14.4. The first-order valence-corrected chi connectivity index (χ1v) is 25.1. The molecule has 0 amide bonds. The maximum Gasteiger partial charge on any atom is 0.238 e. The van der Waals surface area contributed by atoms with E-state index in [0.29, 0.717) is 17.6 Å². The van der Waals surface area contributed by atoms with Gasteiger partial charge in [-0.15, -0.1) is 0 Å². The number of para-hydroxylation sites is 2. The molecule has 3 heterocycles. The summed E-state index contributed by atoms with van der Waals surface area (Å²) in [4.78, 5) is 16.1. The molecule has 0 aliphatic heterocycles. The molecule has 0 spiro atoms. The number of nitrogens with zero attached hydrogens (tertiary/aromatic N) is 5. The van der Waals surface area contributed by atoms with Crippen molar-refractivity contribution in [3.05, 3.63) is 273 Å². The molecule has 14 aromatic rings. The highest BCUT2D eigenvalue weighted by molar-refractivity contribution is 6.23. The van der Waals surface area contributed by atoms with Gasteiger partial charge in [-0.1, -0.05) is 231 Å². The number of fused-ring (bicyclic) bond motifs is 7. The van der Waals surface area contributed by atoms with Gasteiger partial charge < -0.3 is 4.57 Å². The Morgan fingerprint density at radius 2 is 0.622 bits per heavy atom. The zero-order valence-corrected chi connectivity index (χ0v) is 40.2. The van der Waals surface area contributed by atoms with Gasteiger partial charge in [-0.3, -0.25) is 4.57 Å². The molecule has 5 heteroatoms. The van der Waals surface area contributed by atoms with E-state index in [4.69, 9.17) is 15.0 Å². The molecular weight excluding hydrogens is 899 g/mol. The lowest BCUT2D eigenvalue weighted by atomic mass is 9.91. The van der Waals surface area contributed by atoms with E-state index in [1.165, 1.54) is 22.3 Å². The lowest BCUT2D eigenvalue weighted by molar-refractivity contribution is 0.953. The van der Waals surface area contributed by atoms with Gasteiger partial charge in [0.25, 0.3) is 0 Å². The fourth-order valence-corrected chi connectivity index (χ4v) is 10.9. The van der Waals surface area contributed by atoms with Gasteiger partial charge in [0.15, 0.2) is 11.6 Å². The Balaban J connectivity index is 1.08. The predicted octanol–water partition coefficient (Wildman–Crippen LogP) is 17.7. The first kappa shape index (κ1) is 42.9. The summed E-state index contributed by atoms with van der Waals surface area (Å²) in [6.45, 7) is 0. The van der Waals surface area contributed by atoms with Crippen LogP contribution in [0, 0.1) is 0 Å². The smallest absolute Gasteiger partial charge is 0.238 e. The molecule has 0 aliphatic carbocycles. The Hall–Kier alpha value is -9.97. The van der Waals surface area contributed by atoms with Crippen molar-refractivity contribution in [3.63, 3.8) is 0 Å². The largest absolute Gasteiger partial charge is 0.307 e. The molecule has 0 bridgehead atoms. The number of benzene rings is 11. The molecule has 0 N–H and O–H groups in total. The van der Waals surface area contributed by atoms with Gasteiger partial charge in [-0.2, -0.15) is 9.97 Å². The SMILES string of the molecule is c1ccc(-c2cccc(-c3cc(-c4ccccc4-c4ccccc4)cc(-n4c5ccccc5c5ccc6c7ccccc7n(-c7nc(-c8ccccc8)nc(-c8cccc(-c9ccccc9)c8)n7)c6c54)c3)c2)cc1. The molecule has 0 radical (unpaired) electrons. The topological polar surface area (TPSA) is 48.5 Å². The highest BCUT2D eigenvalue weighted by atomic mass is 15.2. The van der Waals surface area contributed by atoms with Gasteiger partial charge in [0.2, 0.25) is 5.95 Å². The molecule has 0 fully saturated rings. The zero-order valence-electron chi connectivity index (χ0n) is 40.2. The summed E-state index contributed by atoms with van der Waals surface area (Å²) < 4.78 is 4.75. The van der Waals surface area contributed by atoms with Gasteiger partial charge >= 0.3 is 0 Å². The van der Waals surface area contributed by atoms with E-state index < -0.39 is 0 Å². The second-order valence-electron chi connectivity index (χ2n) is 18.8. The molecule has 5 nitrogen and oxygen atoms in total. The van der Waals surface area contributed by atoms with Crippen molar-refractivity contribution < 1.29 is 0 Å². The fraction of sp³-hybridized carbons (Fsp3) is 0. The van der Waals surface area contributed by atoms with E-state index in [2.05, 4.69) is 258 Å². The second kappa shape index (κ2) is 18.0. The lowest BCUT2D eigenvalue weighted by Gasteiger charge is -2.17. The normalized spacial score (nSPS) is 11.5. The van der Waals surface area contributed by atoms with E-state index in [1.807, 2.05) is 24.3 Å². The average molecular weight is 944 g/mol. The second-order valence-corrected chi connectivity index (χ2v) is 18.8. The van der Waals surface area contributed by atoms with Crippen LogP contribution in [0.3, 0.4) is 0 Å². The van der Waals surface area contributed by atoms with Crippen LogP contribution < -0.4 is 0 Å². The molecule has 346 valence electrons. The summed E-state index contributed by atoms with van der Waals surface area (Å²) >= 11 is 0. The maximum absolute atomic E-state index is 5.48. The summed E-state index contributed by atoms with van der Waals surface area (Å²) in [5, 5.41) is 4.50. The molecule has 0 saturated carbocycles. The first-order valence-electron chi connectivity index (χ1n) is 25.1. The summed E-state index contributed by atoms with van der Waals surface area (Å²) in [5.41, 5.74) is 18.5. The minimum absolute atomic E-state index is 0.540. The van der Waals surface area contributed by atoms with Gasteiger partial charge in [-0.05, 0) is 98.1 Å². The number of hydrogen-bond donors (Lipinski definition) is 0. The van der Waals surface area contributed by atoms with Gasteiger partial charge in [-0.25, -0.2) is 4.98 Å².